The summed E-state index contributed by atoms with van der Waals surface area (Å²) in [5.74, 6) is -0.380. The van der Waals surface area contributed by atoms with Crippen LogP contribution in [0.15, 0.2) is 0 Å². The Bertz CT molecular complexity index is 262. The van der Waals surface area contributed by atoms with Gasteiger partial charge >= 0.3 is 29.6 Å². The molecule has 0 aromatic heterocycles. The normalized spacial score (nSPS) is 13.3. The maximum atomic E-state index is 10.8. The van der Waals surface area contributed by atoms with Crippen LogP contribution in [0.4, 0.5) is 0 Å². The van der Waals surface area contributed by atoms with Crippen LogP contribution < -0.4 is 40.0 Å². The molecule has 1 N–H and O–H groups in total. The summed E-state index contributed by atoms with van der Waals surface area (Å²) in [5.41, 5.74) is 0. The second kappa shape index (κ2) is 18.8. The van der Waals surface area contributed by atoms with E-state index in [0.29, 0.717) is 5.92 Å². The van der Waals surface area contributed by atoms with Gasteiger partial charge in [0, 0.05) is 6.04 Å². The number of hydrogen-bond acceptors (Lipinski definition) is 3. The smallest absolute Gasteiger partial charge is 0.548 e. The van der Waals surface area contributed by atoms with Crippen molar-refractivity contribution >= 4 is 5.97 Å². The summed E-state index contributed by atoms with van der Waals surface area (Å²) in [6.45, 7) is 6.97. The number of rotatable bonds is 16. The molecule has 0 radical (unpaired) electrons. The molecular formula is C19H38NNaO2. The number of unbranched alkanes of at least 4 members (excludes halogenated alkanes) is 8. The van der Waals surface area contributed by atoms with Crippen LogP contribution in [0.1, 0.15) is 97.8 Å². The zero-order valence-corrected chi connectivity index (χ0v) is 18.2. The summed E-state index contributed by atoms with van der Waals surface area (Å²) in [5, 5.41) is 13.9. The molecule has 0 bridgehead atoms. The first-order chi connectivity index (χ1) is 10.6. The van der Waals surface area contributed by atoms with E-state index in [2.05, 4.69) is 19.2 Å². The first kappa shape index (κ1) is 25.7. The van der Waals surface area contributed by atoms with Crippen LogP contribution in [0.2, 0.25) is 0 Å². The van der Waals surface area contributed by atoms with Gasteiger partial charge in [-0.15, -0.1) is 0 Å². The fraction of sp³-hybridized carbons (Fsp3) is 0.947. The van der Waals surface area contributed by atoms with E-state index in [1.807, 2.05) is 0 Å². The molecule has 0 saturated heterocycles. The summed E-state index contributed by atoms with van der Waals surface area (Å²) in [4.78, 5) is 10.8. The molecule has 0 amide bonds. The van der Waals surface area contributed by atoms with Gasteiger partial charge in [-0.3, -0.25) is 0 Å². The number of carbonyl (C=O) groups is 1. The molecule has 0 spiro atoms. The van der Waals surface area contributed by atoms with E-state index in [1.54, 1.807) is 6.92 Å². The van der Waals surface area contributed by atoms with E-state index in [0.717, 1.165) is 6.54 Å². The zero-order chi connectivity index (χ0) is 16.6. The average molecular weight is 336 g/mol. The van der Waals surface area contributed by atoms with Crippen LogP contribution in [0.5, 0.6) is 0 Å². The fourth-order valence-corrected chi connectivity index (χ4v) is 2.85. The summed E-state index contributed by atoms with van der Waals surface area (Å²) < 4.78 is 0. The number of carboxylic acids is 1. The molecule has 2 unspecified atom stereocenters. The van der Waals surface area contributed by atoms with Crippen molar-refractivity contribution in [3.8, 4) is 0 Å². The SMILES string of the molecule is CCCCCCCCC(CCCCCC)CNC(C)C(=O)[O-].[Na+]. The first-order valence-electron chi connectivity index (χ1n) is 9.56. The van der Waals surface area contributed by atoms with Gasteiger partial charge in [0.05, 0.1) is 5.97 Å². The Morgan fingerprint density at radius 1 is 0.870 bits per heavy atom. The van der Waals surface area contributed by atoms with Gasteiger partial charge < -0.3 is 15.2 Å². The van der Waals surface area contributed by atoms with Crippen LogP contribution in [0.25, 0.3) is 0 Å². The van der Waals surface area contributed by atoms with Crippen molar-refractivity contribution < 1.29 is 39.5 Å². The van der Waals surface area contributed by atoms with Gasteiger partial charge in [-0.05, 0) is 32.2 Å². The minimum Gasteiger partial charge on any atom is -0.548 e. The van der Waals surface area contributed by atoms with Crippen LogP contribution in [-0.4, -0.2) is 18.6 Å². The van der Waals surface area contributed by atoms with E-state index in [4.69, 9.17) is 0 Å². The predicted octanol–water partition coefficient (Wildman–Crippen LogP) is 1.06. The standard InChI is InChI=1S/C19H39NO2.Na/c1-4-6-8-10-11-13-15-18(14-12-9-7-5-2)16-20-17(3)19(21)22;/h17-18,20H,4-16H2,1-3H3,(H,21,22);/q;+1/p-1. The Hall–Kier alpha value is 0.430. The van der Waals surface area contributed by atoms with E-state index in [9.17, 15) is 9.90 Å². The second-order valence-electron chi connectivity index (χ2n) is 6.72. The molecule has 23 heavy (non-hydrogen) atoms. The zero-order valence-electron chi connectivity index (χ0n) is 16.2. The molecule has 4 heteroatoms. The van der Waals surface area contributed by atoms with Crippen LogP contribution >= 0.6 is 0 Å². The third-order valence-electron chi connectivity index (χ3n) is 4.50. The van der Waals surface area contributed by atoms with Crippen molar-refractivity contribution in [3.63, 3.8) is 0 Å². The van der Waals surface area contributed by atoms with Gasteiger partial charge in [0.1, 0.15) is 0 Å². The van der Waals surface area contributed by atoms with E-state index >= 15 is 0 Å². The summed E-state index contributed by atoms with van der Waals surface area (Å²) in [7, 11) is 0. The Labute approximate surface area is 166 Å². The molecule has 0 fully saturated rings. The average Bonchev–Trinajstić information content (AvgIpc) is 2.51. The Balaban J connectivity index is 0. The molecule has 3 nitrogen and oxygen atoms in total. The Kier molecular flexibility index (Phi) is 20.9. The van der Waals surface area contributed by atoms with Crippen molar-refractivity contribution in [2.24, 2.45) is 5.92 Å². The van der Waals surface area contributed by atoms with Crippen molar-refractivity contribution in [3.05, 3.63) is 0 Å². The molecule has 2 atom stereocenters. The molecule has 0 aromatic carbocycles. The number of nitrogens with one attached hydrogen (secondary N) is 1. The predicted molar refractivity (Wildman–Crippen MR) is 92.7 cm³/mol. The molecule has 0 saturated carbocycles. The maximum Gasteiger partial charge on any atom is 1.00 e. The van der Waals surface area contributed by atoms with E-state index < -0.39 is 12.0 Å². The summed E-state index contributed by atoms with van der Waals surface area (Å²) in [6.07, 6.45) is 15.6. The maximum absolute atomic E-state index is 10.8. The van der Waals surface area contributed by atoms with E-state index in [1.165, 1.54) is 77.0 Å². The Morgan fingerprint density at radius 2 is 1.30 bits per heavy atom. The van der Waals surface area contributed by atoms with Crippen molar-refractivity contribution in [1.29, 1.82) is 0 Å². The number of carbonyl (C=O) groups excluding carboxylic acids is 1. The molecule has 0 heterocycles. The van der Waals surface area contributed by atoms with Crippen molar-refractivity contribution in [2.75, 3.05) is 6.54 Å². The largest absolute Gasteiger partial charge is 1.00 e. The van der Waals surface area contributed by atoms with Gasteiger partial charge in [0.15, 0.2) is 0 Å². The molecule has 132 valence electrons. The monoisotopic (exact) mass is 335 g/mol. The Morgan fingerprint density at radius 3 is 1.78 bits per heavy atom. The second-order valence-corrected chi connectivity index (χ2v) is 6.72. The van der Waals surface area contributed by atoms with E-state index in [-0.39, 0.29) is 29.6 Å². The summed E-state index contributed by atoms with van der Waals surface area (Å²) in [6, 6.07) is -0.539. The first-order valence-corrected chi connectivity index (χ1v) is 9.56. The minimum atomic E-state index is -0.996. The van der Waals surface area contributed by atoms with Crippen LogP contribution in [-0.2, 0) is 4.79 Å². The van der Waals surface area contributed by atoms with Gasteiger partial charge in [-0.1, -0.05) is 78.1 Å². The van der Waals surface area contributed by atoms with Crippen LogP contribution in [0.3, 0.4) is 0 Å². The fourth-order valence-electron chi connectivity index (χ4n) is 2.85. The number of carboxylic acid groups (broad SMARTS) is 1. The summed E-state index contributed by atoms with van der Waals surface area (Å²) >= 11 is 0. The molecule has 0 rings (SSSR count). The third-order valence-corrected chi connectivity index (χ3v) is 4.50. The van der Waals surface area contributed by atoms with Crippen molar-refractivity contribution in [1.82, 2.24) is 5.32 Å². The molecular weight excluding hydrogens is 297 g/mol. The molecule has 0 aliphatic heterocycles. The van der Waals surface area contributed by atoms with Crippen LogP contribution in [0, 0.1) is 5.92 Å². The van der Waals surface area contributed by atoms with Gasteiger partial charge in [0.2, 0.25) is 0 Å². The third kappa shape index (κ3) is 17.1. The molecule has 0 aromatic rings. The van der Waals surface area contributed by atoms with Gasteiger partial charge in [-0.2, -0.15) is 0 Å². The molecule has 0 aliphatic rings. The minimum absolute atomic E-state index is 0. The van der Waals surface area contributed by atoms with Crippen molar-refractivity contribution in [2.45, 2.75) is 104 Å². The number of hydrogen-bond donors (Lipinski definition) is 1. The molecule has 0 aliphatic carbocycles. The topological polar surface area (TPSA) is 52.2 Å². The van der Waals surface area contributed by atoms with Gasteiger partial charge in [0.25, 0.3) is 0 Å². The number of aliphatic carboxylic acids is 1. The van der Waals surface area contributed by atoms with Gasteiger partial charge in [-0.25, -0.2) is 0 Å². The quantitative estimate of drug-likeness (QED) is 0.339.